The van der Waals surface area contributed by atoms with Crippen LogP contribution in [-0.2, 0) is 9.53 Å². The number of methoxy groups -OCH3 is 1. The topological polar surface area (TPSA) is 41.6 Å². The van der Waals surface area contributed by atoms with Gasteiger partial charge < -0.3 is 15.0 Å². The van der Waals surface area contributed by atoms with Crippen LogP contribution in [0.2, 0.25) is 0 Å². The first-order valence-electron chi connectivity index (χ1n) is 7.45. The summed E-state index contributed by atoms with van der Waals surface area (Å²) in [4.78, 5) is 14.3. The van der Waals surface area contributed by atoms with Crippen molar-refractivity contribution in [1.82, 2.24) is 10.2 Å². The van der Waals surface area contributed by atoms with E-state index < -0.39 is 5.54 Å². The normalized spacial score (nSPS) is 22.8. The second kappa shape index (κ2) is 6.71. The maximum Gasteiger partial charge on any atom is 0.327 e. The smallest absolute Gasteiger partial charge is 0.327 e. The van der Waals surface area contributed by atoms with Crippen molar-refractivity contribution in [2.45, 2.75) is 52.0 Å². The number of likely N-dealkylation sites (N-methyl/N-ethyl adjacent to an activating group) is 1. The number of hydrogen-bond donors (Lipinski definition) is 1. The fourth-order valence-electron chi connectivity index (χ4n) is 3.06. The van der Waals surface area contributed by atoms with Crippen LogP contribution in [-0.4, -0.2) is 50.2 Å². The van der Waals surface area contributed by atoms with Crippen molar-refractivity contribution in [2.24, 2.45) is 5.41 Å². The summed E-state index contributed by atoms with van der Waals surface area (Å²) in [6.07, 6.45) is 5.00. The molecule has 0 spiro atoms. The Labute approximate surface area is 117 Å². The molecule has 0 aromatic heterocycles. The number of carbonyl (C=O) groups is 1. The number of piperidine rings is 1. The molecule has 19 heavy (non-hydrogen) atoms. The Kier molecular flexibility index (Phi) is 5.81. The molecule has 1 fully saturated rings. The summed E-state index contributed by atoms with van der Waals surface area (Å²) in [5.74, 6) is -0.183. The summed E-state index contributed by atoms with van der Waals surface area (Å²) in [6, 6.07) is 0. The maximum atomic E-state index is 11.9. The fraction of sp³-hybridized carbons (Fsp3) is 0.933. The Hall–Kier alpha value is -0.610. The molecular formula is C15H30N2O2. The first-order chi connectivity index (χ1) is 8.95. The molecule has 1 unspecified atom stereocenters. The van der Waals surface area contributed by atoms with E-state index in [4.69, 9.17) is 4.74 Å². The van der Waals surface area contributed by atoms with E-state index in [0.717, 1.165) is 19.6 Å². The van der Waals surface area contributed by atoms with E-state index in [-0.39, 0.29) is 5.97 Å². The zero-order valence-corrected chi connectivity index (χ0v) is 13.2. The fourth-order valence-corrected chi connectivity index (χ4v) is 3.06. The molecule has 1 rings (SSSR count). The van der Waals surface area contributed by atoms with E-state index >= 15 is 0 Å². The summed E-state index contributed by atoms with van der Waals surface area (Å²) in [7, 11) is 3.27. The lowest BCUT2D eigenvalue weighted by Gasteiger charge is -2.43. The number of nitrogens with zero attached hydrogens (tertiary/aromatic N) is 1. The third-order valence-electron chi connectivity index (χ3n) is 5.14. The minimum absolute atomic E-state index is 0.183. The number of nitrogens with one attached hydrogen (secondary N) is 1. The average Bonchev–Trinajstić information content (AvgIpc) is 2.47. The number of ether oxygens (including phenoxy) is 1. The van der Waals surface area contributed by atoms with Crippen LogP contribution < -0.4 is 5.32 Å². The largest absolute Gasteiger partial charge is 0.468 e. The van der Waals surface area contributed by atoms with E-state index in [2.05, 4.69) is 24.1 Å². The molecule has 1 aliphatic rings. The van der Waals surface area contributed by atoms with Crippen molar-refractivity contribution in [3.05, 3.63) is 0 Å². The molecule has 4 nitrogen and oxygen atoms in total. The minimum atomic E-state index is -0.604. The molecule has 1 atom stereocenters. The van der Waals surface area contributed by atoms with Crippen molar-refractivity contribution in [1.29, 1.82) is 0 Å². The van der Waals surface area contributed by atoms with Crippen LogP contribution >= 0.6 is 0 Å². The molecule has 0 saturated carbocycles. The van der Waals surface area contributed by atoms with E-state index in [0.29, 0.717) is 5.41 Å². The van der Waals surface area contributed by atoms with Gasteiger partial charge in [-0.15, -0.1) is 0 Å². The predicted octanol–water partition coefficient (Wildman–Crippen LogP) is 2.04. The third-order valence-corrected chi connectivity index (χ3v) is 5.14. The van der Waals surface area contributed by atoms with Crippen LogP contribution in [0.3, 0.4) is 0 Å². The van der Waals surface area contributed by atoms with Crippen molar-refractivity contribution >= 4 is 5.97 Å². The third kappa shape index (κ3) is 3.69. The zero-order valence-electron chi connectivity index (χ0n) is 13.2. The van der Waals surface area contributed by atoms with Crippen molar-refractivity contribution in [3.8, 4) is 0 Å². The van der Waals surface area contributed by atoms with E-state index in [1.54, 1.807) is 0 Å². The van der Waals surface area contributed by atoms with Gasteiger partial charge in [-0.1, -0.05) is 26.7 Å². The van der Waals surface area contributed by atoms with Gasteiger partial charge in [0.25, 0.3) is 0 Å². The second-order valence-electron chi connectivity index (χ2n) is 6.06. The van der Waals surface area contributed by atoms with Gasteiger partial charge in [0.05, 0.1) is 7.11 Å². The van der Waals surface area contributed by atoms with Gasteiger partial charge in [0.2, 0.25) is 0 Å². The van der Waals surface area contributed by atoms with Crippen LogP contribution in [0, 0.1) is 5.41 Å². The molecule has 1 saturated heterocycles. The summed E-state index contributed by atoms with van der Waals surface area (Å²) in [5, 5.41) is 3.11. The lowest BCUT2D eigenvalue weighted by Crippen LogP contribution is -2.57. The SMILES string of the molecule is CCC1(CC)CCN(CC(C)(NC)C(=O)OC)CC1. The Bertz CT molecular complexity index is 293. The van der Waals surface area contributed by atoms with Crippen LogP contribution in [0.15, 0.2) is 0 Å². The van der Waals surface area contributed by atoms with Crippen LogP contribution in [0.4, 0.5) is 0 Å². The Morgan fingerprint density at radius 3 is 2.21 bits per heavy atom. The maximum absolute atomic E-state index is 11.9. The molecule has 0 aromatic carbocycles. The summed E-state index contributed by atoms with van der Waals surface area (Å²) in [5.41, 5.74) is -0.0784. The molecule has 0 radical (unpaired) electrons. The van der Waals surface area contributed by atoms with E-state index in [1.807, 2.05) is 14.0 Å². The predicted molar refractivity (Wildman–Crippen MR) is 78.2 cm³/mol. The van der Waals surface area contributed by atoms with Crippen molar-refractivity contribution < 1.29 is 9.53 Å². The number of hydrogen-bond acceptors (Lipinski definition) is 4. The molecule has 0 aliphatic carbocycles. The van der Waals surface area contributed by atoms with Gasteiger partial charge >= 0.3 is 5.97 Å². The highest BCUT2D eigenvalue weighted by molar-refractivity contribution is 5.80. The Morgan fingerprint density at radius 1 is 1.32 bits per heavy atom. The highest BCUT2D eigenvalue weighted by atomic mass is 16.5. The first-order valence-corrected chi connectivity index (χ1v) is 7.45. The van der Waals surface area contributed by atoms with E-state index in [9.17, 15) is 4.79 Å². The average molecular weight is 270 g/mol. The molecule has 1 heterocycles. The minimum Gasteiger partial charge on any atom is -0.468 e. The molecule has 1 N–H and O–H groups in total. The Balaban J connectivity index is 2.59. The van der Waals surface area contributed by atoms with Crippen LogP contribution in [0.1, 0.15) is 46.5 Å². The molecule has 0 amide bonds. The van der Waals surface area contributed by atoms with Crippen LogP contribution in [0.5, 0.6) is 0 Å². The standard InChI is InChI=1S/C15H30N2O2/c1-6-15(7-2)8-10-17(11-9-15)12-14(3,16-4)13(18)19-5/h16H,6-12H2,1-5H3. The van der Waals surface area contributed by atoms with Crippen molar-refractivity contribution in [2.75, 3.05) is 33.8 Å². The van der Waals surface area contributed by atoms with Crippen LogP contribution in [0.25, 0.3) is 0 Å². The molecule has 112 valence electrons. The summed E-state index contributed by atoms with van der Waals surface area (Å²) in [6.45, 7) is 9.39. The molecular weight excluding hydrogens is 240 g/mol. The van der Waals surface area contributed by atoms with Crippen molar-refractivity contribution in [3.63, 3.8) is 0 Å². The molecule has 0 bridgehead atoms. The summed E-state index contributed by atoms with van der Waals surface area (Å²) < 4.78 is 4.90. The van der Waals surface area contributed by atoms with E-state index in [1.165, 1.54) is 32.8 Å². The molecule has 0 aromatic rings. The highest BCUT2D eigenvalue weighted by Gasteiger charge is 2.38. The van der Waals surface area contributed by atoms with Gasteiger partial charge in [-0.2, -0.15) is 0 Å². The quantitative estimate of drug-likeness (QED) is 0.750. The lowest BCUT2D eigenvalue weighted by atomic mass is 9.74. The number of carbonyl (C=O) groups excluding carboxylic acids is 1. The number of likely N-dealkylation sites (tertiary alicyclic amines) is 1. The second-order valence-corrected chi connectivity index (χ2v) is 6.06. The number of esters is 1. The van der Waals surface area contributed by atoms with Gasteiger partial charge in [0.1, 0.15) is 5.54 Å². The van der Waals surface area contributed by atoms with Gasteiger partial charge in [0, 0.05) is 6.54 Å². The number of rotatable bonds is 6. The first kappa shape index (κ1) is 16.4. The highest BCUT2D eigenvalue weighted by Crippen LogP contribution is 2.38. The van der Waals surface area contributed by atoms with Gasteiger partial charge in [-0.3, -0.25) is 4.79 Å². The Morgan fingerprint density at radius 2 is 1.84 bits per heavy atom. The summed E-state index contributed by atoms with van der Waals surface area (Å²) >= 11 is 0. The zero-order chi connectivity index (χ0) is 14.5. The molecule has 4 heteroatoms. The monoisotopic (exact) mass is 270 g/mol. The van der Waals surface area contributed by atoms with Gasteiger partial charge in [0.15, 0.2) is 0 Å². The molecule has 1 aliphatic heterocycles. The lowest BCUT2D eigenvalue weighted by molar-refractivity contribution is -0.148. The van der Waals surface area contributed by atoms with Gasteiger partial charge in [-0.05, 0) is 45.3 Å². The van der Waals surface area contributed by atoms with Gasteiger partial charge in [-0.25, -0.2) is 0 Å².